The van der Waals surface area contributed by atoms with E-state index < -0.39 is 6.10 Å². The van der Waals surface area contributed by atoms with E-state index in [9.17, 15) is 9.90 Å². The normalized spacial score (nSPS) is 22.0. The summed E-state index contributed by atoms with van der Waals surface area (Å²) in [5.41, 5.74) is 0.501. The first kappa shape index (κ1) is 17.3. The van der Waals surface area contributed by atoms with Crippen LogP contribution in [0, 0.1) is 17.2 Å². The van der Waals surface area contributed by atoms with Gasteiger partial charge >= 0.3 is 0 Å². The molecule has 1 amide bonds. The number of carbonyl (C=O) groups is 1. The number of benzene rings is 1. The Morgan fingerprint density at radius 3 is 2.91 bits per heavy atom. The lowest BCUT2D eigenvalue weighted by atomic mass is 9.86. The number of nitrogens with zero attached hydrogens (tertiary/aromatic N) is 2. The number of hydrogen-bond acceptors (Lipinski definition) is 4. The second kappa shape index (κ2) is 7.98. The van der Waals surface area contributed by atoms with E-state index in [4.69, 9.17) is 10.00 Å². The second-order valence-corrected chi connectivity index (χ2v) is 6.23. The fourth-order valence-corrected chi connectivity index (χ4v) is 3.05. The van der Waals surface area contributed by atoms with E-state index in [-0.39, 0.29) is 17.9 Å². The average Bonchev–Trinajstić information content (AvgIpc) is 2.56. The molecule has 1 saturated carbocycles. The quantitative estimate of drug-likeness (QED) is 0.905. The van der Waals surface area contributed by atoms with Crippen molar-refractivity contribution in [3.05, 3.63) is 29.8 Å². The molecule has 0 aliphatic heterocycles. The monoisotopic (exact) mass is 316 g/mol. The van der Waals surface area contributed by atoms with Crippen molar-refractivity contribution in [2.24, 2.45) is 5.92 Å². The summed E-state index contributed by atoms with van der Waals surface area (Å²) in [6.45, 7) is 2.25. The molecule has 0 saturated heterocycles. The van der Waals surface area contributed by atoms with Gasteiger partial charge in [0.1, 0.15) is 5.75 Å². The molecule has 124 valence electrons. The zero-order valence-corrected chi connectivity index (χ0v) is 13.7. The van der Waals surface area contributed by atoms with Gasteiger partial charge in [-0.05, 0) is 38.0 Å². The van der Waals surface area contributed by atoms with Crippen LogP contribution in [0.1, 0.15) is 38.2 Å². The predicted octanol–water partition coefficient (Wildman–Crippen LogP) is 2.34. The largest absolute Gasteiger partial charge is 0.481 e. The Hall–Kier alpha value is -2.06. The van der Waals surface area contributed by atoms with E-state index in [2.05, 4.69) is 0 Å². The summed E-state index contributed by atoms with van der Waals surface area (Å²) in [6, 6.07) is 8.82. The molecule has 0 bridgehead atoms. The number of aliphatic hydroxyl groups is 1. The molecule has 0 spiro atoms. The van der Waals surface area contributed by atoms with Crippen LogP contribution in [0.5, 0.6) is 5.75 Å². The van der Waals surface area contributed by atoms with Crippen molar-refractivity contribution in [1.82, 2.24) is 4.90 Å². The predicted molar refractivity (Wildman–Crippen MR) is 86.8 cm³/mol. The van der Waals surface area contributed by atoms with Crippen molar-refractivity contribution in [2.75, 3.05) is 13.6 Å². The Kier molecular flexibility index (Phi) is 6.00. The van der Waals surface area contributed by atoms with Crippen molar-refractivity contribution in [3.63, 3.8) is 0 Å². The third kappa shape index (κ3) is 4.70. The lowest BCUT2D eigenvalue weighted by Crippen LogP contribution is -2.43. The third-order valence-corrected chi connectivity index (χ3v) is 4.38. The minimum absolute atomic E-state index is 0.120. The molecule has 1 N–H and O–H groups in total. The Balaban J connectivity index is 1.91. The van der Waals surface area contributed by atoms with Crippen LogP contribution in [-0.4, -0.2) is 41.7 Å². The smallest absolute Gasteiger partial charge is 0.263 e. The zero-order valence-electron chi connectivity index (χ0n) is 13.7. The number of amides is 1. The number of aliphatic hydroxyl groups excluding tert-OH is 1. The van der Waals surface area contributed by atoms with Gasteiger partial charge in [0.05, 0.1) is 17.7 Å². The minimum Gasteiger partial charge on any atom is -0.481 e. The van der Waals surface area contributed by atoms with E-state index in [1.807, 2.05) is 6.07 Å². The molecule has 0 heterocycles. The summed E-state index contributed by atoms with van der Waals surface area (Å²) in [4.78, 5) is 14.1. The van der Waals surface area contributed by atoms with Gasteiger partial charge in [0.25, 0.3) is 5.91 Å². The van der Waals surface area contributed by atoms with Crippen LogP contribution in [-0.2, 0) is 4.79 Å². The van der Waals surface area contributed by atoms with E-state index >= 15 is 0 Å². The van der Waals surface area contributed by atoms with Crippen LogP contribution in [0.25, 0.3) is 0 Å². The molecule has 1 aromatic carbocycles. The number of nitriles is 1. The zero-order chi connectivity index (χ0) is 16.8. The Morgan fingerprint density at radius 1 is 1.48 bits per heavy atom. The molecule has 0 radical (unpaired) electrons. The van der Waals surface area contributed by atoms with Crippen molar-refractivity contribution < 1.29 is 14.6 Å². The molecule has 5 nitrogen and oxygen atoms in total. The highest BCUT2D eigenvalue weighted by Gasteiger charge is 2.27. The summed E-state index contributed by atoms with van der Waals surface area (Å²) >= 11 is 0. The van der Waals surface area contributed by atoms with E-state index in [0.29, 0.717) is 17.9 Å². The highest BCUT2D eigenvalue weighted by Crippen LogP contribution is 2.25. The molecule has 0 aromatic heterocycles. The van der Waals surface area contributed by atoms with Gasteiger partial charge in [0, 0.05) is 19.5 Å². The molecular formula is C18H24N2O3. The molecule has 3 unspecified atom stereocenters. The summed E-state index contributed by atoms with van der Waals surface area (Å²) in [6.07, 6.45) is 3.00. The maximum Gasteiger partial charge on any atom is 0.263 e. The highest BCUT2D eigenvalue weighted by atomic mass is 16.5. The van der Waals surface area contributed by atoms with E-state index in [1.165, 1.54) is 0 Å². The average molecular weight is 316 g/mol. The number of rotatable bonds is 5. The van der Waals surface area contributed by atoms with Crippen LogP contribution < -0.4 is 4.74 Å². The standard InChI is InChI=1S/C18H24N2O3/c1-13(23-16-8-5-6-14(10-16)11-19)18(22)20(2)12-15-7-3-4-9-17(15)21/h5-6,8,10,13,15,17,21H,3-4,7,9,12H2,1-2H3. The molecule has 23 heavy (non-hydrogen) atoms. The molecule has 1 aliphatic rings. The van der Waals surface area contributed by atoms with Gasteiger partial charge in [-0.3, -0.25) is 4.79 Å². The second-order valence-electron chi connectivity index (χ2n) is 6.23. The number of hydrogen-bond donors (Lipinski definition) is 1. The third-order valence-electron chi connectivity index (χ3n) is 4.38. The summed E-state index contributed by atoms with van der Waals surface area (Å²) in [5, 5.41) is 18.9. The lowest BCUT2D eigenvalue weighted by Gasteiger charge is -2.32. The van der Waals surface area contributed by atoms with Crippen LogP contribution >= 0.6 is 0 Å². The first-order valence-electron chi connectivity index (χ1n) is 8.11. The van der Waals surface area contributed by atoms with Gasteiger partial charge in [-0.15, -0.1) is 0 Å². The number of carbonyl (C=O) groups excluding carboxylic acids is 1. The summed E-state index contributed by atoms with van der Waals surface area (Å²) < 4.78 is 5.65. The fourth-order valence-electron chi connectivity index (χ4n) is 3.05. The first-order valence-corrected chi connectivity index (χ1v) is 8.11. The van der Waals surface area contributed by atoms with Crippen LogP contribution in [0.4, 0.5) is 0 Å². The fraction of sp³-hybridized carbons (Fsp3) is 0.556. The Bertz CT molecular complexity index is 582. The van der Waals surface area contributed by atoms with E-state index in [0.717, 1.165) is 25.7 Å². The maximum absolute atomic E-state index is 12.4. The van der Waals surface area contributed by atoms with E-state index in [1.54, 1.807) is 43.1 Å². The van der Waals surface area contributed by atoms with Crippen LogP contribution in [0.15, 0.2) is 24.3 Å². The van der Waals surface area contributed by atoms with Crippen molar-refractivity contribution in [1.29, 1.82) is 5.26 Å². The van der Waals surface area contributed by atoms with Crippen molar-refractivity contribution in [2.45, 2.75) is 44.8 Å². The highest BCUT2D eigenvalue weighted by molar-refractivity contribution is 5.80. The Labute approximate surface area is 137 Å². The molecule has 1 fully saturated rings. The van der Waals surface area contributed by atoms with Crippen LogP contribution in [0.3, 0.4) is 0 Å². The Morgan fingerprint density at radius 2 is 2.22 bits per heavy atom. The van der Waals surface area contributed by atoms with Crippen molar-refractivity contribution in [3.8, 4) is 11.8 Å². The molecule has 2 rings (SSSR count). The van der Waals surface area contributed by atoms with Crippen LogP contribution in [0.2, 0.25) is 0 Å². The first-order chi connectivity index (χ1) is 11.0. The van der Waals surface area contributed by atoms with Gasteiger partial charge in [0.2, 0.25) is 0 Å². The van der Waals surface area contributed by atoms with Gasteiger partial charge in [-0.25, -0.2) is 0 Å². The summed E-state index contributed by atoms with van der Waals surface area (Å²) in [5.74, 6) is 0.535. The number of likely N-dealkylation sites (N-methyl/N-ethyl adjacent to an activating group) is 1. The lowest BCUT2D eigenvalue weighted by molar-refractivity contribution is -0.137. The molecule has 1 aliphatic carbocycles. The number of ether oxygens (including phenoxy) is 1. The van der Waals surface area contributed by atoms with Gasteiger partial charge in [-0.1, -0.05) is 18.9 Å². The van der Waals surface area contributed by atoms with Crippen molar-refractivity contribution >= 4 is 5.91 Å². The van der Waals surface area contributed by atoms with Gasteiger partial charge in [-0.2, -0.15) is 5.26 Å². The van der Waals surface area contributed by atoms with Gasteiger partial charge < -0.3 is 14.7 Å². The molecule has 3 atom stereocenters. The minimum atomic E-state index is -0.630. The molecule has 5 heteroatoms. The topological polar surface area (TPSA) is 73.6 Å². The SMILES string of the molecule is CC(Oc1cccc(C#N)c1)C(=O)N(C)CC1CCCCC1O. The summed E-state index contributed by atoms with van der Waals surface area (Å²) in [7, 11) is 1.75. The maximum atomic E-state index is 12.4. The van der Waals surface area contributed by atoms with Gasteiger partial charge in [0.15, 0.2) is 6.10 Å². The molecule has 1 aromatic rings. The molecular weight excluding hydrogens is 292 g/mol.